The zero-order valence-corrected chi connectivity index (χ0v) is 11.5. The quantitative estimate of drug-likeness (QED) is 0.624. The molecule has 0 fully saturated rings. The normalized spacial score (nSPS) is 16.6. The van der Waals surface area contributed by atoms with E-state index in [1.165, 1.54) is 17.0 Å². The minimum atomic E-state index is 0.208. The fraction of sp³-hybridized carbons (Fsp3) is 0.533. The lowest BCUT2D eigenvalue weighted by Gasteiger charge is -2.16. The zero-order chi connectivity index (χ0) is 12.3. The largest absolute Gasteiger partial charge is 0.209 e. The molecule has 0 aromatic heterocycles. The van der Waals surface area contributed by atoms with E-state index in [0.29, 0.717) is 0 Å². The second-order valence-electron chi connectivity index (χ2n) is 4.50. The Kier molecular flexibility index (Phi) is 3.90. The van der Waals surface area contributed by atoms with E-state index < -0.39 is 0 Å². The Morgan fingerprint density at radius 1 is 1.12 bits per heavy atom. The van der Waals surface area contributed by atoms with Crippen molar-refractivity contribution in [1.29, 1.82) is 0 Å². The molecule has 0 bridgehead atoms. The summed E-state index contributed by atoms with van der Waals surface area (Å²) in [5, 5.41) is 0. The van der Waals surface area contributed by atoms with Crippen LogP contribution in [0.3, 0.4) is 0 Å². The Morgan fingerprint density at radius 3 is 2.19 bits per heavy atom. The fourth-order valence-corrected chi connectivity index (χ4v) is 2.69. The minimum absolute atomic E-state index is 0.208. The van der Waals surface area contributed by atoms with Gasteiger partial charge in [-0.15, -0.1) is 0 Å². The molecule has 1 heteroatoms. The summed E-state index contributed by atoms with van der Waals surface area (Å²) >= 11 is 0. The maximum Gasteiger partial charge on any atom is 0.209 e. The standard InChI is InChI=1S/C13H18N.C2H6/c1-5-12-13(2,3)10-8-6-7-9-11(10)14(12)4;1-2/h6-9H,5H2,1-4H3;1-2H3/q+1;. The minimum Gasteiger partial charge on any atom is -0.202 e. The van der Waals surface area contributed by atoms with Crippen LogP contribution in [0.2, 0.25) is 0 Å². The first kappa shape index (κ1) is 13.0. The highest BCUT2D eigenvalue weighted by atomic mass is 15.0. The van der Waals surface area contributed by atoms with Gasteiger partial charge < -0.3 is 0 Å². The van der Waals surface area contributed by atoms with Gasteiger partial charge in [-0.1, -0.05) is 39.0 Å². The molecule has 2 rings (SSSR count). The van der Waals surface area contributed by atoms with Crippen molar-refractivity contribution in [1.82, 2.24) is 0 Å². The third-order valence-electron chi connectivity index (χ3n) is 3.40. The summed E-state index contributed by atoms with van der Waals surface area (Å²) in [6.45, 7) is 10.9. The van der Waals surface area contributed by atoms with E-state index in [-0.39, 0.29) is 5.41 Å². The van der Waals surface area contributed by atoms with Gasteiger partial charge in [-0.05, 0) is 13.8 Å². The summed E-state index contributed by atoms with van der Waals surface area (Å²) < 4.78 is 2.34. The van der Waals surface area contributed by atoms with Crippen LogP contribution in [-0.4, -0.2) is 17.3 Å². The Bertz CT molecular complexity index is 400. The summed E-state index contributed by atoms with van der Waals surface area (Å²) in [5.41, 5.74) is 4.55. The van der Waals surface area contributed by atoms with Crippen LogP contribution in [0.5, 0.6) is 0 Å². The van der Waals surface area contributed by atoms with Gasteiger partial charge in [0.05, 0.1) is 5.41 Å². The molecule has 0 N–H and O–H groups in total. The monoisotopic (exact) mass is 218 g/mol. The van der Waals surface area contributed by atoms with Gasteiger partial charge in [-0.3, -0.25) is 0 Å². The van der Waals surface area contributed by atoms with Gasteiger partial charge in [0, 0.05) is 18.1 Å². The number of nitrogens with zero attached hydrogens (tertiary/aromatic N) is 1. The average molecular weight is 218 g/mol. The second-order valence-corrected chi connectivity index (χ2v) is 4.50. The first-order valence-corrected chi connectivity index (χ1v) is 6.28. The Morgan fingerprint density at radius 2 is 1.69 bits per heavy atom. The first-order valence-electron chi connectivity index (χ1n) is 6.28. The lowest BCUT2D eigenvalue weighted by Crippen LogP contribution is -2.27. The summed E-state index contributed by atoms with van der Waals surface area (Å²) in [7, 11) is 2.17. The molecule has 0 saturated carbocycles. The van der Waals surface area contributed by atoms with Crippen LogP contribution >= 0.6 is 0 Å². The summed E-state index contributed by atoms with van der Waals surface area (Å²) in [5.74, 6) is 0. The molecule has 1 aliphatic rings. The van der Waals surface area contributed by atoms with Crippen LogP contribution in [0, 0.1) is 0 Å². The van der Waals surface area contributed by atoms with Gasteiger partial charge in [0.2, 0.25) is 5.69 Å². The molecule has 0 aliphatic carbocycles. The maximum atomic E-state index is 2.34. The number of rotatable bonds is 1. The van der Waals surface area contributed by atoms with Crippen molar-refractivity contribution in [3.63, 3.8) is 0 Å². The molecule has 1 aromatic rings. The molecule has 1 aliphatic heterocycles. The van der Waals surface area contributed by atoms with Crippen LogP contribution < -0.4 is 0 Å². The SMILES string of the molecule is CC.CCC1=[N+](C)c2ccccc2C1(C)C. The number of hydrogen-bond donors (Lipinski definition) is 0. The molecule has 0 spiro atoms. The van der Waals surface area contributed by atoms with Gasteiger partial charge in [0.25, 0.3) is 0 Å². The molecule has 1 nitrogen and oxygen atoms in total. The molecule has 0 radical (unpaired) electrons. The Hall–Kier alpha value is -1.11. The summed E-state index contributed by atoms with van der Waals surface area (Å²) in [6.07, 6.45) is 1.12. The Balaban J connectivity index is 0.000000606. The van der Waals surface area contributed by atoms with Crippen molar-refractivity contribution < 1.29 is 4.58 Å². The van der Waals surface area contributed by atoms with Crippen LogP contribution in [0.1, 0.15) is 46.6 Å². The average Bonchev–Trinajstić information content (AvgIpc) is 2.50. The van der Waals surface area contributed by atoms with Gasteiger partial charge in [0.1, 0.15) is 7.05 Å². The van der Waals surface area contributed by atoms with Crippen LogP contribution in [0.4, 0.5) is 5.69 Å². The molecule has 1 aromatic carbocycles. The van der Waals surface area contributed by atoms with E-state index in [2.05, 4.69) is 56.7 Å². The van der Waals surface area contributed by atoms with Crippen LogP contribution in [0.15, 0.2) is 24.3 Å². The van der Waals surface area contributed by atoms with Gasteiger partial charge in [-0.2, -0.15) is 0 Å². The number of benzene rings is 1. The molecule has 0 saturated heterocycles. The van der Waals surface area contributed by atoms with Gasteiger partial charge in [0.15, 0.2) is 5.71 Å². The third kappa shape index (κ3) is 1.79. The van der Waals surface area contributed by atoms with Crippen LogP contribution in [-0.2, 0) is 5.41 Å². The molecular weight excluding hydrogens is 194 g/mol. The Labute approximate surface area is 99.8 Å². The number of para-hydroxylation sites is 1. The lowest BCUT2D eigenvalue weighted by atomic mass is 9.81. The van der Waals surface area contributed by atoms with E-state index in [1.807, 2.05) is 13.8 Å². The number of fused-ring (bicyclic) bond motifs is 1. The molecule has 16 heavy (non-hydrogen) atoms. The van der Waals surface area contributed by atoms with Gasteiger partial charge >= 0.3 is 0 Å². The van der Waals surface area contributed by atoms with E-state index in [0.717, 1.165) is 6.42 Å². The van der Waals surface area contributed by atoms with E-state index in [9.17, 15) is 0 Å². The third-order valence-corrected chi connectivity index (χ3v) is 3.40. The van der Waals surface area contributed by atoms with Gasteiger partial charge in [-0.25, -0.2) is 4.58 Å². The van der Waals surface area contributed by atoms with Crippen molar-refractivity contribution in [3.8, 4) is 0 Å². The van der Waals surface area contributed by atoms with Crippen molar-refractivity contribution >= 4 is 11.4 Å². The summed E-state index contributed by atoms with van der Waals surface area (Å²) in [6, 6.07) is 8.70. The topological polar surface area (TPSA) is 3.01 Å². The molecule has 0 unspecified atom stereocenters. The van der Waals surface area contributed by atoms with E-state index in [4.69, 9.17) is 0 Å². The van der Waals surface area contributed by atoms with Crippen LogP contribution in [0.25, 0.3) is 0 Å². The highest BCUT2D eigenvalue weighted by molar-refractivity contribution is 5.94. The predicted octanol–water partition coefficient (Wildman–Crippen LogP) is 4.13. The molecule has 88 valence electrons. The van der Waals surface area contributed by atoms with Crippen molar-refractivity contribution in [3.05, 3.63) is 29.8 Å². The van der Waals surface area contributed by atoms with Crippen molar-refractivity contribution in [2.24, 2.45) is 0 Å². The molecule has 1 heterocycles. The molecular formula is C15H24N+. The van der Waals surface area contributed by atoms with E-state index in [1.54, 1.807) is 0 Å². The molecule has 0 atom stereocenters. The first-order chi connectivity index (χ1) is 7.59. The summed E-state index contributed by atoms with van der Waals surface area (Å²) in [4.78, 5) is 0. The lowest BCUT2D eigenvalue weighted by molar-refractivity contribution is -0.403. The van der Waals surface area contributed by atoms with Crippen molar-refractivity contribution in [2.75, 3.05) is 7.05 Å². The number of hydrogen-bond acceptors (Lipinski definition) is 0. The fourth-order valence-electron chi connectivity index (χ4n) is 2.69. The smallest absolute Gasteiger partial charge is 0.202 e. The second kappa shape index (κ2) is 4.82. The highest BCUT2D eigenvalue weighted by Gasteiger charge is 2.42. The molecule has 0 amide bonds. The zero-order valence-electron chi connectivity index (χ0n) is 11.5. The van der Waals surface area contributed by atoms with E-state index >= 15 is 0 Å². The predicted molar refractivity (Wildman–Crippen MR) is 72.0 cm³/mol. The maximum absolute atomic E-state index is 2.34. The highest BCUT2D eigenvalue weighted by Crippen LogP contribution is 2.39. The van der Waals surface area contributed by atoms with Crippen molar-refractivity contribution in [2.45, 2.75) is 46.5 Å².